The Bertz CT molecular complexity index is 909. The standard InChI is InChI=1S/C20H17BrN2O2S2/c1-13-2-4-14(5-3-13)12-17-19(25)23(20(26)27-17)11-10-18(24)22-16-8-6-15(21)7-9-16/h2-9,12H,10-11H2,1H3,(H,22,24)/b17-12-. The number of thiocarbonyl (C=S) groups is 1. The number of thioether (sulfide) groups is 1. The molecular weight excluding hydrogens is 444 g/mol. The summed E-state index contributed by atoms with van der Waals surface area (Å²) in [6.07, 6.45) is 2.01. The Balaban J connectivity index is 1.59. The lowest BCUT2D eigenvalue weighted by molar-refractivity contribution is -0.122. The van der Waals surface area contributed by atoms with Crippen LogP contribution in [-0.2, 0) is 9.59 Å². The molecule has 0 unspecified atom stereocenters. The quantitative estimate of drug-likeness (QED) is 0.504. The topological polar surface area (TPSA) is 49.4 Å². The molecule has 2 aromatic rings. The Morgan fingerprint density at radius 3 is 2.52 bits per heavy atom. The second-order valence-corrected chi connectivity index (χ2v) is 8.64. The summed E-state index contributed by atoms with van der Waals surface area (Å²) < 4.78 is 1.42. The molecule has 1 aliphatic rings. The van der Waals surface area contributed by atoms with Crippen molar-refractivity contribution in [2.45, 2.75) is 13.3 Å². The normalized spacial score (nSPS) is 15.5. The number of halogens is 1. The lowest BCUT2D eigenvalue weighted by Crippen LogP contribution is -2.31. The Labute approximate surface area is 176 Å². The molecule has 0 aliphatic carbocycles. The Kier molecular flexibility index (Phi) is 6.46. The van der Waals surface area contributed by atoms with Crippen LogP contribution in [0.1, 0.15) is 17.5 Å². The molecule has 1 fully saturated rings. The lowest BCUT2D eigenvalue weighted by atomic mass is 10.1. The maximum absolute atomic E-state index is 12.6. The van der Waals surface area contributed by atoms with Gasteiger partial charge in [0.1, 0.15) is 4.32 Å². The fraction of sp³-hybridized carbons (Fsp3) is 0.150. The smallest absolute Gasteiger partial charge is 0.266 e. The van der Waals surface area contributed by atoms with Crippen molar-refractivity contribution in [1.29, 1.82) is 0 Å². The molecule has 0 saturated carbocycles. The van der Waals surface area contributed by atoms with Crippen LogP contribution in [0, 0.1) is 6.92 Å². The Morgan fingerprint density at radius 1 is 1.19 bits per heavy atom. The number of nitrogens with one attached hydrogen (secondary N) is 1. The van der Waals surface area contributed by atoms with Gasteiger partial charge >= 0.3 is 0 Å². The molecule has 3 rings (SSSR count). The third kappa shape index (κ3) is 5.28. The molecule has 7 heteroatoms. The van der Waals surface area contributed by atoms with Crippen molar-refractivity contribution in [3.63, 3.8) is 0 Å². The highest BCUT2D eigenvalue weighted by molar-refractivity contribution is 9.10. The molecule has 0 atom stereocenters. The average Bonchev–Trinajstić information content (AvgIpc) is 2.90. The second kappa shape index (κ2) is 8.82. The molecule has 2 aromatic carbocycles. The molecule has 1 saturated heterocycles. The van der Waals surface area contributed by atoms with Crippen molar-refractivity contribution in [3.05, 3.63) is 69.0 Å². The van der Waals surface area contributed by atoms with Crippen LogP contribution in [0.15, 0.2) is 57.9 Å². The summed E-state index contributed by atoms with van der Waals surface area (Å²) in [6, 6.07) is 15.3. The van der Waals surface area contributed by atoms with Gasteiger partial charge in [0, 0.05) is 23.1 Å². The number of carbonyl (C=O) groups is 2. The molecule has 27 heavy (non-hydrogen) atoms. The van der Waals surface area contributed by atoms with Crippen molar-refractivity contribution < 1.29 is 9.59 Å². The number of hydrogen-bond acceptors (Lipinski definition) is 4. The lowest BCUT2D eigenvalue weighted by Gasteiger charge is -2.14. The zero-order valence-electron chi connectivity index (χ0n) is 14.6. The molecule has 2 amide bonds. The highest BCUT2D eigenvalue weighted by Gasteiger charge is 2.32. The molecule has 0 spiro atoms. The zero-order valence-corrected chi connectivity index (χ0v) is 17.8. The van der Waals surface area contributed by atoms with Crippen LogP contribution < -0.4 is 5.32 Å². The van der Waals surface area contributed by atoms with Gasteiger partial charge in [0.15, 0.2) is 0 Å². The monoisotopic (exact) mass is 460 g/mol. The van der Waals surface area contributed by atoms with Gasteiger partial charge in [-0.15, -0.1) is 0 Å². The van der Waals surface area contributed by atoms with Crippen molar-refractivity contribution in [2.24, 2.45) is 0 Å². The fourth-order valence-corrected chi connectivity index (χ4v) is 4.05. The Morgan fingerprint density at radius 2 is 1.85 bits per heavy atom. The SMILES string of the molecule is Cc1ccc(/C=C2\SC(=S)N(CCC(=O)Nc3ccc(Br)cc3)C2=O)cc1. The number of aryl methyl sites for hydroxylation is 1. The van der Waals surface area contributed by atoms with Crippen molar-refractivity contribution in [2.75, 3.05) is 11.9 Å². The third-order valence-corrected chi connectivity index (χ3v) is 5.85. The summed E-state index contributed by atoms with van der Waals surface area (Å²) in [7, 11) is 0. The number of amides is 2. The van der Waals surface area contributed by atoms with E-state index in [-0.39, 0.29) is 24.8 Å². The number of hydrogen-bond donors (Lipinski definition) is 1. The van der Waals surface area contributed by atoms with Gasteiger partial charge in [-0.3, -0.25) is 14.5 Å². The maximum Gasteiger partial charge on any atom is 0.266 e. The number of carbonyl (C=O) groups excluding carboxylic acids is 2. The first kappa shape index (κ1) is 19.8. The summed E-state index contributed by atoms with van der Waals surface area (Å²) in [5, 5.41) is 2.82. The van der Waals surface area contributed by atoms with Crippen LogP contribution in [0.4, 0.5) is 5.69 Å². The molecule has 138 valence electrons. The fourth-order valence-electron chi connectivity index (χ4n) is 2.48. The second-order valence-electron chi connectivity index (χ2n) is 6.05. The van der Waals surface area contributed by atoms with Crippen molar-refractivity contribution >= 4 is 67.8 Å². The third-order valence-electron chi connectivity index (χ3n) is 3.94. The van der Waals surface area contributed by atoms with E-state index in [1.807, 2.05) is 61.5 Å². The van der Waals surface area contributed by atoms with Gasteiger partial charge in [-0.05, 0) is 42.8 Å². The van der Waals surface area contributed by atoms with Crippen molar-refractivity contribution in [1.82, 2.24) is 4.90 Å². The molecule has 0 aromatic heterocycles. The van der Waals surface area contributed by atoms with Crippen LogP contribution in [-0.4, -0.2) is 27.6 Å². The van der Waals surface area contributed by atoms with E-state index in [2.05, 4.69) is 21.2 Å². The summed E-state index contributed by atoms with van der Waals surface area (Å²) >= 11 is 9.94. The highest BCUT2D eigenvalue weighted by atomic mass is 79.9. The molecule has 1 heterocycles. The minimum Gasteiger partial charge on any atom is -0.326 e. The molecular formula is C20H17BrN2O2S2. The molecule has 0 bridgehead atoms. The first-order chi connectivity index (χ1) is 12.9. The van der Waals surface area contributed by atoms with E-state index in [1.54, 1.807) is 0 Å². The highest BCUT2D eigenvalue weighted by Crippen LogP contribution is 2.32. The van der Waals surface area contributed by atoms with E-state index in [0.29, 0.717) is 14.9 Å². The van der Waals surface area contributed by atoms with Gasteiger partial charge in [-0.25, -0.2) is 0 Å². The van der Waals surface area contributed by atoms with Gasteiger partial charge in [0.05, 0.1) is 4.91 Å². The zero-order chi connectivity index (χ0) is 19.4. The van der Waals surface area contributed by atoms with E-state index in [9.17, 15) is 9.59 Å². The first-order valence-electron chi connectivity index (χ1n) is 8.30. The predicted molar refractivity (Wildman–Crippen MR) is 118 cm³/mol. The summed E-state index contributed by atoms with van der Waals surface area (Å²) in [5.41, 5.74) is 2.83. The number of benzene rings is 2. The van der Waals surface area contributed by atoms with E-state index < -0.39 is 0 Å². The average molecular weight is 461 g/mol. The van der Waals surface area contributed by atoms with Crippen LogP contribution >= 0.6 is 39.9 Å². The minimum atomic E-state index is -0.158. The van der Waals surface area contributed by atoms with Gasteiger partial charge in [0.2, 0.25) is 5.91 Å². The number of anilines is 1. The Hall–Kier alpha value is -1.96. The predicted octanol–water partition coefficient (Wildman–Crippen LogP) is 4.99. The molecule has 1 aliphatic heterocycles. The van der Waals surface area contributed by atoms with Crippen molar-refractivity contribution in [3.8, 4) is 0 Å². The van der Waals surface area contributed by atoms with Crippen LogP contribution in [0.2, 0.25) is 0 Å². The van der Waals surface area contributed by atoms with Crippen LogP contribution in [0.3, 0.4) is 0 Å². The number of nitrogens with zero attached hydrogens (tertiary/aromatic N) is 1. The van der Waals surface area contributed by atoms with Gasteiger partial charge in [-0.1, -0.05) is 69.7 Å². The summed E-state index contributed by atoms with van der Waals surface area (Å²) in [5.74, 6) is -0.309. The van der Waals surface area contributed by atoms with Crippen LogP contribution in [0.5, 0.6) is 0 Å². The minimum absolute atomic E-state index is 0.151. The van der Waals surface area contributed by atoms with E-state index in [0.717, 1.165) is 15.6 Å². The van der Waals surface area contributed by atoms with E-state index in [4.69, 9.17) is 12.2 Å². The maximum atomic E-state index is 12.6. The molecule has 0 radical (unpaired) electrons. The van der Waals surface area contributed by atoms with Gasteiger partial charge < -0.3 is 5.32 Å². The number of rotatable bonds is 5. The van der Waals surface area contributed by atoms with Gasteiger partial charge in [0.25, 0.3) is 5.91 Å². The largest absolute Gasteiger partial charge is 0.326 e. The van der Waals surface area contributed by atoms with E-state index >= 15 is 0 Å². The summed E-state index contributed by atoms with van der Waals surface area (Å²) in [6.45, 7) is 2.28. The van der Waals surface area contributed by atoms with E-state index in [1.165, 1.54) is 16.7 Å². The summed E-state index contributed by atoms with van der Waals surface area (Å²) in [4.78, 5) is 26.8. The first-order valence-corrected chi connectivity index (χ1v) is 10.3. The molecule has 4 nitrogen and oxygen atoms in total. The molecule has 1 N–H and O–H groups in total. The van der Waals surface area contributed by atoms with Crippen LogP contribution in [0.25, 0.3) is 6.08 Å². The van der Waals surface area contributed by atoms with Gasteiger partial charge in [-0.2, -0.15) is 0 Å².